The number of primary amides is 1. The second-order valence-electron chi connectivity index (χ2n) is 4.24. The van der Waals surface area contributed by atoms with Gasteiger partial charge in [-0.25, -0.2) is 4.39 Å². The van der Waals surface area contributed by atoms with Gasteiger partial charge < -0.3 is 16.4 Å². The average Bonchev–Trinajstić information content (AvgIpc) is 2.24. The number of hydrogen-bond donors (Lipinski definition) is 2. The van der Waals surface area contributed by atoms with Gasteiger partial charge in [0, 0.05) is 12.6 Å². The molecule has 0 spiro atoms. The minimum Gasteiger partial charge on any atom is -0.366 e. The van der Waals surface area contributed by atoms with Crippen LogP contribution in [0.5, 0.6) is 0 Å². The van der Waals surface area contributed by atoms with Crippen LogP contribution in [-0.2, 0) is 6.42 Å². The molecule has 0 radical (unpaired) electrons. The number of rotatable bonds is 5. The average molecular weight is 239 g/mol. The van der Waals surface area contributed by atoms with E-state index >= 15 is 0 Å². The molecule has 0 heterocycles. The van der Waals surface area contributed by atoms with E-state index in [1.165, 1.54) is 12.1 Å². The Hall–Kier alpha value is -1.46. The predicted molar refractivity (Wildman–Crippen MR) is 65.2 cm³/mol. The summed E-state index contributed by atoms with van der Waals surface area (Å²) in [5, 5.41) is 0. The number of hydrogen-bond acceptors (Lipinski definition) is 3. The Balaban J connectivity index is 2.87. The summed E-state index contributed by atoms with van der Waals surface area (Å²) in [5.41, 5.74) is 11.4. The highest BCUT2D eigenvalue weighted by Gasteiger charge is 2.13. The Morgan fingerprint density at radius 1 is 1.47 bits per heavy atom. The number of carbonyl (C=O) groups excluding carboxylic acids is 1. The SMILES string of the molecule is CN(C)[C@H](CN)Cc1ccc(C(N)=O)c(F)c1. The molecule has 0 aliphatic rings. The van der Waals surface area contributed by atoms with Crippen LogP contribution in [0.4, 0.5) is 4.39 Å². The van der Waals surface area contributed by atoms with Crippen molar-refractivity contribution in [2.45, 2.75) is 12.5 Å². The first-order valence-electron chi connectivity index (χ1n) is 5.40. The summed E-state index contributed by atoms with van der Waals surface area (Å²) in [6.45, 7) is 0.492. The quantitative estimate of drug-likeness (QED) is 0.779. The molecule has 1 amide bonds. The van der Waals surface area contributed by atoms with Gasteiger partial charge in [0.15, 0.2) is 0 Å². The minimum atomic E-state index is -0.753. The Labute approximate surface area is 100 Å². The van der Waals surface area contributed by atoms with Crippen LogP contribution in [0.2, 0.25) is 0 Å². The maximum absolute atomic E-state index is 13.5. The van der Waals surface area contributed by atoms with Crippen molar-refractivity contribution in [3.8, 4) is 0 Å². The van der Waals surface area contributed by atoms with E-state index < -0.39 is 11.7 Å². The molecule has 1 atom stereocenters. The van der Waals surface area contributed by atoms with Gasteiger partial charge in [0.2, 0.25) is 0 Å². The molecule has 0 aliphatic heterocycles. The minimum absolute atomic E-state index is 0.0806. The molecule has 0 unspecified atom stereocenters. The van der Waals surface area contributed by atoms with Gasteiger partial charge in [-0.3, -0.25) is 4.79 Å². The second-order valence-corrected chi connectivity index (χ2v) is 4.24. The van der Waals surface area contributed by atoms with Gasteiger partial charge in [-0.1, -0.05) is 6.07 Å². The van der Waals surface area contributed by atoms with Crippen molar-refractivity contribution in [2.75, 3.05) is 20.6 Å². The van der Waals surface area contributed by atoms with E-state index in [0.717, 1.165) is 5.56 Å². The molecule has 1 rings (SSSR count). The van der Waals surface area contributed by atoms with E-state index in [1.54, 1.807) is 6.07 Å². The van der Waals surface area contributed by atoms with Gasteiger partial charge in [-0.15, -0.1) is 0 Å². The summed E-state index contributed by atoms with van der Waals surface area (Å²) in [6.07, 6.45) is 0.638. The van der Waals surface area contributed by atoms with Crippen LogP contribution in [-0.4, -0.2) is 37.5 Å². The van der Waals surface area contributed by atoms with E-state index in [1.807, 2.05) is 19.0 Å². The highest BCUT2D eigenvalue weighted by atomic mass is 19.1. The predicted octanol–water partition coefficient (Wildman–Crippen LogP) is 0.356. The van der Waals surface area contributed by atoms with Crippen LogP contribution >= 0.6 is 0 Å². The lowest BCUT2D eigenvalue weighted by Crippen LogP contribution is -2.36. The number of carbonyl (C=O) groups is 1. The number of likely N-dealkylation sites (N-methyl/N-ethyl adjacent to an activating group) is 1. The lowest BCUT2D eigenvalue weighted by molar-refractivity contribution is 0.0996. The molecular weight excluding hydrogens is 221 g/mol. The van der Waals surface area contributed by atoms with Gasteiger partial charge in [0.25, 0.3) is 5.91 Å². The summed E-state index contributed by atoms with van der Waals surface area (Å²) in [6, 6.07) is 4.60. The fourth-order valence-corrected chi connectivity index (χ4v) is 1.63. The van der Waals surface area contributed by atoms with Crippen LogP contribution in [0.15, 0.2) is 18.2 Å². The number of nitrogens with zero attached hydrogens (tertiary/aromatic N) is 1. The summed E-state index contributed by atoms with van der Waals surface area (Å²) in [4.78, 5) is 12.9. The molecule has 5 heteroatoms. The summed E-state index contributed by atoms with van der Waals surface area (Å²) in [7, 11) is 3.84. The molecule has 0 fully saturated rings. The van der Waals surface area contributed by atoms with Crippen molar-refractivity contribution >= 4 is 5.91 Å². The maximum atomic E-state index is 13.5. The van der Waals surface area contributed by atoms with Crippen molar-refractivity contribution in [2.24, 2.45) is 11.5 Å². The van der Waals surface area contributed by atoms with Gasteiger partial charge in [-0.05, 0) is 38.2 Å². The highest BCUT2D eigenvalue weighted by Crippen LogP contribution is 2.12. The van der Waals surface area contributed by atoms with Crippen LogP contribution in [0.25, 0.3) is 0 Å². The Morgan fingerprint density at radius 3 is 2.53 bits per heavy atom. The van der Waals surface area contributed by atoms with Crippen molar-refractivity contribution in [3.05, 3.63) is 35.1 Å². The maximum Gasteiger partial charge on any atom is 0.251 e. The van der Waals surface area contributed by atoms with Crippen molar-refractivity contribution < 1.29 is 9.18 Å². The third kappa shape index (κ3) is 3.51. The number of halogens is 1. The first-order valence-corrected chi connectivity index (χ1v) is 5.40. The highest BCUT2D eigenvalue weighted by molar-refractivity contribution is 5.93. The van der Waals surface area contributed by atoms with Crippen molar-refractivity contribution in [1.29, 1.82) is 0 Å². The van der Waals surface area contributed by atoms with Crippen molar-refractivity contribution in [1.82, 2.24) is 4.90 Å². The standard InChI is InChI=1S/C12H18FN3O/c1-16(2)9(7-14)5-8-3-4-10(12(15)17)11(13)6-8/h3-4,6,9H,5,7,14H2,1-2H3,(H2,15,17)/t9-/m0/s1. The lowest BCUT2D eigenvalue weighted by atomic mass is 10.0. The largest absolute Gasteiger partial charge is 0.366 e. The van der Waals surface area contributed by atoms with Crippen LogP contribution in [0, 0.1) is 5.82 Å². The molecule has 0 bridgehead atoms. The Bertz CT molecular complexity index is 407. The number of amides is 1. The van der Waals surface area contributed by atoms with Gasteiger partial charge >= 0.3 is 0 Å². The molecule has 4 N–H and O–H groups in total. The topological polar surface area (TPSA) is 72.3 Å². The third-order valence-electron chi connectivity index (χ3n) is 2.77. The van der Waals surface area contributed by atoms with Crippen LogP contribution < -0.4 is 11.5 Å². The third-order valence-corrected chi connectivity index (χ3v) is 2.77. The van der Waals surface area contributed by atoms with Crippen LogP contribution in [0.3, 0.4) is 0 Å². The Morgan fingerprint density at radius 2 is 2.12 bits per heavy atom. The Kier molecular flexibility index (Phi) is 4.60. The molecule has 0 aliphatic carbocycles. The lowest BCUT2D eigenvalue weighted by Gasteiger charge is -2.22. The molecule has 0 aromatic heterocycles. The summed E-state index contributed by atoms with van der Waals surface area (Å²) < 4.78 is 13.5. The summed E-state index contributed by atoms with van der Waals surface area (Å²) in [5.74, 6) is -1.33. The first-order chi connectivity index (χ1) is 7.95. The van der Waals surface area contributed by atoms with E-state index in [2.05, 4.69) is 0 Å². The molecule has 17 heavy (non-hydrogen) atoms. The van der Waals surface area contributed by atoms with Gasteiger partial charge in [0.1, 0.15) is 5.82 Å². The van der Waals surface area contributed by atoms with Gasteiger partial charge in [-0.2, -0.15) is 0 Å². The second kappa shape index (κ2) is 5.75. The first kappa shape index (κ1) is 13.6. The zero-order valence-electron chi connectivity index (χ0n) is 10.1. The fraction of sp³-hybridized carbons (Fsp3) is 0.417. The molecule has 1 aromatic carbocycles. The normalized spacial score (nSPS) is 12.8. The van der Waals surface area contributed by atoms with E-state index in [-0.39, 0.29) is 11.6 Å². The monoisotopic (exact) mass is 239 g/mol. The fourth-order valence-electron chi connectivity index (χ4n) is 1.63. The molecule has 0 saturated heterocycles. The van der Waals surface area contributed by atoms with E-state index in [9.17, 15) is 9.18 Å². The van der Waals surface area contributed by atoms with Gasteiger partial charge in [0.05, 0.1) is 5.56 Å². The zero-order chi connectivity index (χ0) is 13.0. The molecule has 0 saturated carbocycles. The van der Waals surface area contributed by atoms with Crippen LogP contribution in [0.1, 0.15) is 15.9 Å². The molecule has 1 aromatic rings. The molecular formula is C12H18FN3O. The van der Waals surface area contributed by atoms with Crippen molar-refractivity contribution in [3.63, 3.8) is 0 Å². The zero-order valence-corrected chi connectivity index (χ0v) is 10.1. The number of benzene rings is 1. The van der Waals surface area contributed by atoms with E-state index in [4.69, 9.17) is 11.5 Å². The number of nitrogens with two attached hydrogens (primary N) is 2. The summed E-state index contributed by atoms with van der Waals surface area (Å²) >= 11 is 0. The smallest absolute Gasteiger partial charge is 0.251 e. The molecule has 94 valence electrons. The molecule has 4 nitrogen and oxygen atoms in total. The van der Waals surface area contributed by atoms with E-state index in [0.29, 0.717) is 13.0 Å².